The van der Waals surface area contributed by atoms with E-state index in [2.05, 4.69) is 76.4 Å². The molecule has 4 heteroatoms. The molecular weight excluding hydrogens is 432 g/mol. The van der Waals surface area contributed by atoms with Crippen molar-refractivity contribution in [1.29, 1.82) is 0 Å². The Morgan fingerprint density at radius 3 is 1.37 bits per heavy atom. The molecular formula is C31H46N2O2. The largest absolute Gasteiger partial charge is 0.493 e. The molecule has 4 nitrogen and oxygen atoms in total. The van der Waals surface area contributed by atoms with E-state index in [0.717, 1.165) is 50.9 Å². The van der Waals surface area contributed by atoms with Gasteiger partial charge in [0, 0.05) is 30.3 Å². The zero-order valence-electron chi connectivity index (χ0n) is 22.9. The third-order valence-corrected chi connectivity index (χ3v) is 8.09. The Hall–Kier alpha value is -2.04. The van der Waals surface area contributed by atoms with Crippen LogP contribution in [0.1, 0.15) is 72.9 Å². The van der Waals surface area contributed by atoms with Crippen LogP contribution in [0.5, 0.6) is 11.5 Å². The summed E-state index contributed by atoms with van der Waals surface area (Å²) in [5.74, 6) is 3.34. The number of ether oxygens (including phenoxy) is 2. The van der Waals surface area contributed by atoms with Crippen molar-refractivity contribution in [2.45, 2.75) is 72.6 Å². The molecule has 2 aromatic carbocycles. The van der Waals surface area contributed by atoms with Gasteiger partial charge >= 0.3 is 0 Å². The van der Waals surface area contributed by atoms with Crippen LogP contribution in [0, 0.1) is 39.5 Å². The monoisotopic (exact) mass is 478 g/mol. The van der Waals surface area contributed by atoms with Gasteiger partial charge in [-0.05, 0) is 99.8 Å². The molecule has 2 atom stereocenters. The molecule has 0 aliphatic carbocycles. The van der Waals surface area contributed by atoms with Crippen LogP contribution in [0.3, 0.4) is 0 Å². The standard InChI is InChI=1S/C31H46N2O2/c1-21-13-27(14-22(2)29(21)34-19-25-9-7-11-32-17-25)31(5,6)28-15-23(3)30(24(4)16-28)35-20-26-10-8-12-33-18-26/h13-16,25-26,32-33H,7-12,17-20H2,1-6H3. The molecule has 2 unspecified atom stereocenters. The van der Waals surface area contributed by atoms with Gasteiger partial charge in [0.2, 0.25) is 0 Å². The maximum atomic E-state index is 6.35. The van der Waals surface area contributed by atoms with E-state index in [0.29, 0.717) is 11.8 Å². The van der Waals surface area contributed by atoms with Crippen LogP contribution in [0.2, 0.25) is 0 Å². The Kier molecular flexibility index (Phi) is 8.44. The lowest BCUT2D eigenvalue weighted by Gasteiger charge is -2.30. The Morgan fingerprint density at radius 1 is 0.686 bits per heavy atom. The SMILES string of the molecule is Cc1cc(C(C)(C)c2cc(C)c(OCC3CCCNC3)c(C)c2)cc(C)c1OCC1CCCNC1. The van der Waals surface area contributed by atoms with E-state index in [1.54, 1.807) is 0 Å². The van der Waals surface area contributed by atoms with Crippen LogP contribution in [-0.4, -0.2) is 39.4 Å². The maximum Gasteiger partial charge on any atom is 0.125 e. The molecule has 0 radical (unpaired) electrons. The van der Waals surface area contributed by atoms with Crippen LogP contribution in [0.4, 0.5) is 0 Å². The first-order valence-corrected chi connectivity index (χ1v) is 13.7. The quantitative estimate of drug-likeness (QED) is 0.488. The van der Waals surface area contributed by atoms with Crippen molar-refractivity contribution in [2.24, 2.45) is 11.8 Å². The third-order valence-electron chi connectivity index (χ3n) is 8.09. The predicted octanol–water partition coefficient (Wildman–Crippen LogP) is 6.00. The van der Waals surface area contributed by atoms with Crippen molar-refractivity contribution in [3.8, 4) is 11.5 Å². The lowest BCUT2D eigenvalue weighted by molar-refractivity contribution is 0.216. The fourth-order valence-electron chi connectivity index (χ4n) is 5.78. The highest BCUT2D eigenvalue weighted by molar-refractivity contribution is 5.52. The molecule has 2 fully saturated rings. The van der Waals surface area contributed by atoms with E-state index in [1.807, 2.05) is 0 Å². The molecule has 2 heterocycles. The minimum absolute atomic E-state index is 0.108. The molecule has 4 rings (SSSR count). The van der Waals surface area contributed by atoms with Gasteiger partial charge in [0.15, 0.2) is 0 Å². The average molecular weight is 479 g/mol. The van der Waals surface area contributed by atoms with Crippen LogP contribution in [-0.2, 0) is 5.41 Å². The van der Waals surface area contributed by atoms with E-state index in [1.165, 1.54) is 59.1 Å². The molecule has 0 bridgehead atoms. The minimum Gasteiger partial charge on any atom is -0.493 e. The second-order valence-electron chi connectivity index (χ2n) is 11.6. The molecule has 0 amide bonds. The van der Waals surface area contributed by atoms with Gasteiger partial charge in [-0.1, -0.05) is 38.1 Å². The Morgan fingerprint density at radius 2 is 1.06 bits per heavy atom. The van der Waals surface area contributed by atoms with Crippen LogP contribution >= 0.6 is 0 Å². The van der Waals surface area contributed by atoms with E-state index in [9.17, 15) is 0 Å². The summed E-state index contributed by atoms with van der Waals surface area (Å²) < 4.78 is 12.7. The summed E-state index contributed by atoms with van der Waals surface area (Å²) in [6.45, 7) is 19.4. The van der Waals surface area contributed by atoms with Crippen molar-refractivity contribution in [3.63, 3.8) is 0 Å². The van der Waals surface area contributed by atoms with Crippen molar-refractivity contribution in [3.05, 3.63) is 57.6 Å². The van der Waals surface area contributed by atoms with Gasteiger partial charge in [-0.15, -0.1) is 0 Å². The molecule has 2 N–H and O–H groups in total. The number of nitrogens with one attached hydrogen (secondary N) is 2. The fraction of sp³-hybridized carbons (Fsp3) is 0.613. The second kappa shape index (κ2) is 11.3. The molecule has 0 saturated carbocycles. The van der Waals surface area contributed by atoms with E-state index in [4.69, 9.17) is 9.47 Å². The molecule has 0 spiro atoms. The summed E-state index contributed by atoms with van der Waals surface area (Å²) in [4.78, 5) is 0. The van der Waals surface area contributed by atoms with Gasteiger partial charge < -0.3 is 20.1 Å². The minimum atomic E-state index is -0.108. The first-order valence-electron chi connectivity index (χ1n) is 13.7. The smallest absolute Gasteiger partial charge is 0.125 e. The molecule has 192 valence electrons. The summed E-state index contributed by atoms with van der Waals surface area (Å²) in [5, 5.41) is 6.99. The first kappa shape index (κ1) is 26.0. The Balaban J connectivity index is 1.49. The topological polar surface area (TPSA) is 42.5 Å². The van der Waals surface area contributed by atoms with E-state index >= 15 is 0 Å². The number of aryl methyl sites for hydroxylation is 4. The zero-order chi connectivity index (χ0) is 25.0. The Labute approximate surface area is 213 Å². The van der Waals surface area contributed by atoms with E-state index < -0.39 is 0 Å². The summed E-state index contributed by atoms with van der Waals surface area (Å²) in [6, 6.07) is 9.30. The molecule has 2 aliphatic heterocycles. The highest BCUT2D eigenvalue weighted by Gasteiger charge is 2.27. The third kappa shape index (κ3) is 6.21. The highest BCUT2D eigenvalue weighted by atomic mass is 16.5. The number of rotatable bonds is 8. The summed E-state index contributed by atoms with van der Waals surface area (Å²) in [6.07, 6.45) is 5.01. The Bertz CT molecular complexity index is 876. The predicted molar refractivity (Wildman–Crippen MR) is 146 cm³/mol. The van der Waals surface area contributed by atoms with Crippen molar-refractivity contribution in [1.82, 2.24) is 10.6 Å². The number of hydrogen-bond donors (Lipinski definition) is 2. The molecule has 0 aromatic heterocycles. The van der Waals surface area contributed by atoms with Crippen LogP contribution in [0.15, 0.2) is 24.3 Å². The number of benzene rings is 2. The molecule has 35 heavy (non-hydrogen) atoms. The van der Waals surface area contributed by atoms with Gasteiger partial charge in [0.25, 0.3) is 0 Å². The van der Waals surface area contributed by atoms with Crippen LogP contribution < -0.4 is 20.1 Å². The first-order chi connectivity index (χ1) is 16.8. The van der Waals surface area contributed by atoms with Gasteiger partial charge in [-0.25, -0.2) is 0 Å². The second-order valence-corrected chi connectivity index (χ2v) is 11.6. The lowest BCUT2D eigenvalue weighted by atomic mass is 9.76. The van der Waals surface area contributed by atoms with E-state index in [-0.39, 0.29) is 5.41 Å². The van der Waals surface area contributed by atoms with Gasteiger partial charge in [-0.3, -0.25) is 0 Å². The van der Waals surface area contributed by atoms with Gasteiger partial charge in [-0.2, -0.15) is 0 Å². The maximum absolute atomic E-state index is 6.35. The molecule has 2 aromatic rings. The van der Waals surface area contributed by atoms with Crippen molar-refractivity contribution in [2.75, 3.05) is 39.4 Å². The summed E-state index contributed by atoms with van der Waals surface area (Å²) in [7, 11) is 0. The number of piperidine rings is 2. The average Bonchev–Trinajstić information content (AvgIpc) is 2.84. The molecule has 2 saturated heterocycles. The lowest BCUT2D eigenvalue weighted by Crippen LogP contribution is -2.33. The zero-order valence-corrected chi connectivity index (χ0v) is 22.9. The van der Waals surface area contributed by atoms with Gasteiger partial charge in [0.05, 0.1) is 13.2 Å². The van der Waals surface area contributed by atoms with Crippen molar-refractivity contribution < 1.29 is 9.47 Å². The summed E-state index contributed by atoms with van der Waals surface area (Å²) in [5.41, 5.74) is 7.47. The normalized spacial score (nSPS) is 21.1. The fourth-order valence-corrected chi connectivity index (χ4v) is 5.78. The summed E-state index contributed by atoms with van der Waals surface area (Å²) >= 11 is 0. The highest BCUT2D eigenvalue weighted by Crippen LogP contribution is 2.39. The number of hydrogen-bond acceptors (Lipinski definition) is 4. The van der Waals surface area contributed by atoms with Crippen molar-refractivity contribution >= 4 is 0 Å². The van der Waals surface area contributed by atoms with Crippen LogP contribution in [0.25, 0.3) is 0 Å². The van der Waals surface area contributed by atoms with Gasteiger partial charge in [0.1, 0.15) is 11.5 Å². The molecule has 2 aliphatic rings.